The lowest BCUT2D eigenvalue weighted by Gasteiger charge is -2.50. The number of nitrogens with zero attached hydrogens (tertiary/aromatic N) is 4. The Morgan fingerprint density at radius 2 is 2.17 bits per heavy atom. The van der Waals surface area contributed by atoms with Gasteiger partial charge in [0, 0.05) is 25.0 Å². The van der Waals surface area contributed by atoms with Gasteiger partial charge in [0.1, 0.15) is 5.54 Å². The van der Waals surface area contributed by atoms with Crippen LogP contribution in [0, 0.1) is 18.3 Å². The summed E-state index contributed by atoms with van der Waals surface area (Å²) in [5.41, 5.74) is 2.03. The monoisotopic (exact) mass is 246 g/mol. The molecule has 1 saturated heterocycles. The Morgan fingerprint density at radius 1 is 1.56 bits per heavy atom. The van der Waals surface area contributed by atoms with Crippen molar-refractivity contribution >= 4 is 0 Å². The van der Waals surface area contributed by atoms with Crippen LogP contribution in [0.2, 0.25) is 0 Å². The minimum atomic E-state index is -0.151. The van der Waals surface area contributed by atoms with E-state index in [1.807, 2.05) is 44.8 Å². The fourth-order valence-electron chi connectivity index (χ4n) is 2.09. The summed E-state index contributed by atoms with van der Waals surface area (Å²) in [4.78, 5) is 2.17. The molecule has 0 spiro atoms. The van der Waals surface area contributed by atoms with Gasteiger partial charge >= 0.3 is 0 Å². The van der Waals surface area contributed by atoms with Crippen LogP contribution in [0.4, 0.5) is 0 Å². The number of hydrogen-bond acceptors (Lipinski definition) is 3. The maximum absolute atomic E-state index is 8.93. The van der Waals surface area contributed by atoms with Crippen LogP contribution >= 0.6 is 0 Å². The highest BCUT2D eigenvalue weighted by atomic mass is 15.4. The lowest BCUT2D eigenvalue weighted by Crippen LogP contribution is -2.61. The second-order valence-corrected chi connectivity index (χ2v) is 4.61. The van der Waals surface area contributed by atoms with E-state index in [0.29, 0.717) is 6.42 Å². The van der Waals surface area contributed by atoms with Crippen molar-refractivity contribution in [1.29, 1.82) is 5.26 Å². The molecule has 1 fully saturated rings. The molecule has 2 heterocycles. The molecule has 0 unspecified atom stereocenters. The molecule has 0 aromatic carbocycles. The largest absolute Gasteiger partial charge is 0.370 e. The number of rotatable bonds is 3. The zero-order valence-electron chi connectivity index (χ0n) is 11.8. The van der Waals surface area contributed by atoms with Gasteiger partial charge in [0.15, 0.2) is 0 Å². The zero-order valence-corrected chi connectivity index (χ0v) is 11.8. The smallest absolute Gasteiger partial charge is 0.110 e. The first-order valence-corrected chi connectivity index (χ1v) is 6.36. The van der Waals surface area contributed by atoms with Crippen LogP contribution in [0.25, 0.3) is 0 Å². The topological polar surface area (TPSA) is 44.9 Å². The predicted molar refractivity (Wildman–Crippen MR) is 72.9 cm³/mol. The quantitative estimate of drug-likeness (QED) is 0.823. The number of nitriles is 1. The average Bonchev–Trinajstić information content (AvgIpc) is 2.72. The van der Waals surface area contributed by atoms with Crippen LogP contribution in [0.15, 0.2) is 24.7 Å². The fourth-order valence-corrected chi connectivity index (χ4v) is 2.09. The van der Waals surface area contributed by atoms with Crippen molar-refractivity contribution in [2.75, 3.05) is 13.1 Å². The van der Waals surface area contributed by atoms with Crippen LogP contribution in [0.5, 0.6) is 0 Å². The Kier molecular flexibility index (Phi) is 4.55. The third-order valence-corrected chi connectivity index (χ3v) is 3.12. The van der Waals surface area contributed by atoms with Crippen LogP contribution in [0.1, 0.15) is 32.8 Å². The first-order chi connectivity index (χ1) is 8.57. The van der Waals surface area contributed by atoms with Crippen molar-refractivity contribution in [1.82, 2.24) is 14.7 Å². The van der Waals surface area contributed by atoms with Crippen molar-refractivity contribution in [3.63, 3.8) is 0 Å². The third kappa shape index (κ3) is 2.56. The highest BCUT2D eigenvalue weighted by Crippen LogP contribution is 2.33. The van der Waals surface area contributed by atoms with Crippen molar-refractivity contribution in [3.8, 4) is 6.07 Å². The van der Waals surface area contributed by atoms with E-state index >= 15 is 0 Å². The lowest BCUT2D eigenvalue weighted by molar-refractivity contribution is 0.0333. The second kappa shape index (κ2) is 5.72. The van der Waals surface area contributed by atoms with E-state index in [1.165, 1.54) is 0 Å². The molecule has 1 aromatic heterocycles. The Hall–Kier alpha value is -1.76. The number of allylic oxidation sites excluding steroid dienone is 1. The van der Waals surface area contributed by atoms with E-state index in [2.05, 4.69) is 22.6 Å². The standard InChI is InChI=1S/C12H16N4.C2H6/c1-10(2)15-8-12(9-15,4-5-13)16-7-11(3)6-14-16;1-2/h6-7H,1,4,8-9H2,2-3H3;1-2H3. The maximum Gasteiger partial charge on any atom is 0.110 e. The summed E-state index contributed by atoms with van der Waals surface area (Å²) in [5.74, 6) is 0. The average molecular weight is 246 g/mol. The summed E-state index contributed by atoms with van der Waals surface area (Å²) < 4.78 is 1.94. The van der Waals surface area contributed by atoms with Gasteiger partial charge in [0.2, 0.25) is 0 Å². The SMILES string of the molecule is C=C(C)N1CC(CC#N)(n2cc(C)cn2)C1.CC. The molecular formula is C14H22N4. The van der Waals surface area contributed by atoms with Crippen molar-refractivity contribution < 1.29 is 0 Å². The molecule has 2 rings (SSSR count). The van der Waals surface area contributed by atoms with E-state index in [4.69, 9.17) is 5.26 Å². The zero-order chi connectivity index (χ0) is 13.8. The molecular weight excluding hydrogens is 224 g/mol. The Morgan fingerprint density at radius 3 is 2.56 bits per heavy atom. The normalized spacial score (nSPS) is 16.1. The van der Waals surface area contributed by atoms with Gasteiger partial charge in [-0.1, -0.05) is 20.4 Å². The van der Waals surface area contributed by atoms with Crippen LogP contribution in [-0.2, 0) is 5.54 Å². The fraction of sp³-hybridized carbons (Fsp3) is 0.571. The summed E-state index contributed by atoms with van der Waals surface area (Å²) in [7, 11) is 0. The Balaban J connectivity index is 0.000000771. The van der Waals surface area contributed by atoms with E-state index in [-0.39, 0.29) is 5.54 Å². The number of aromatic nitrogens is 2. The lowest BCUT2D eigenvalue weighted by atomic mass is 9.86. The molecule has 18 heavy (non-hydrogen) atoms. The van der Waals surface area contributed by atoms with Gasteiger partial charge < -0.3 is 4.90 Å². The Bertz CT molecular complexity index is 447. The van der Waals surface area contributed by atoms with Crippen molar-refractivity contribution in [2.24, 2.45) is 0 Å². The summed E-state index contributed by atoms with van der Waals surface area (Å²) in [6.07, 6.45) is 4.34. The summed E-state index contributed by atoms with van der Waals surface area (Å²) in [6.45, 7) is 13.6. The molecule has 0 N–H and O–H groups in total. The van der Waals surface area contributed by atoms with Gasteiger partial charge in [-0.25, -0.2) is 0 Å². The molecule has 1 aliphatic rings. The van der Waals surface area contributed by atoms with Crippen LogP contribution in [0.3, 0.4) is 0 Å². The first-order valence-electron chi connectivity index (χ1n) is 6.36. The number of hydrogen-bond donors (Lipinski definition) is 0. The summed E-state index contributed by atoms with van der Waals surface area (Å²) in [6, 6.07) is 2.26. The second-order valence-electron chi connectivity index (χ2n) is 4.61. The summed E-state index contributed by atoms with van der Waals surface area (Å²) >= 11 is 0. The van der Waals surface area contributed by atoms with Crippen LogP contribution < -0.4 is 0 Å². The van der Waals surface area contributed by atoms with Crippen LogP contribution in [-0.4, -0.2) is 27.8 Å². The molecule has 1 aromatic rings. The molecule has 0 radical (unpaired) electrons. The molecule has 0 atom stereocenters. The van der Waals surface area contributed by atoms with Gasteiger partial charge in [-0.3, -0.25) is 4.68 Å². The van der Waals surface area contributed by atoms with Gasteiger partial charge in [-0.15, -0.1) is 0 Å². The first kappa shape index (κ1) is 14.3. The molecule has 4 nitrogen and oxygen atoms in total. The molecule has 0 aliphatic carbocycles. The van der Waals surface area contributed by atoms with Gasteiger partial charge in [-0.2, -0.15) is 10.4 Å². The molecule has 98 valence electrons. The maximum atomic E-state index is 8.93. The third-order valence-electron chi connectivity index (χ3n) is 3.12. The molecule has 4 heteroatoms. The highest BCUT2D eigenvalue weighted by molar-refractivity contribution is 5.13. The number of likely N-dealkylation sites (tertiary alicyclic amines) is 1. The molecule has 0 bridgehead atoms. The van der Waals surface area contributed by atoms with E-state index in [9.17, 15) is 0 Å². The van der Waals surface area contributed by atoms with E-state index < -0.39 is 0 Å². The number of aryl methyl sites for hydroxylation is 1. The molecule has 0 amide bonds. The van der Waals surface area contributed by atoms with Gasteiger partial charge in [-0.05, 0) is 19.4 Å². The van der Waals surface area contributed by atoms with E-state index in [0.717, 1.165) is 24.4 Å². The molecule has 1 aliphatic heterocycles. The minimum absolute atomic E-state index is 0.151. The minimum Gasteiger partial charge on any atom is -0.370 e. The predicted octanol–water partition coefficient (Wildman–Crippen LogP) is 2.68. The van der Waals surface area contributed by atoms with Crippen molar-refractivity contribution in [3.05, 3.63) is 30.2 Å². The Labute approximate surface area is 110 Å². The van der Waals surface area contributed by atoms with Crippen molar-refractivity contribution in [2.45, 2.75) is 39.7 Å². The van der Waals surface area contributed by atoms with Gasteiger partial charge in [0.05, 0.1) is 18.7 Å². The highest BCUT2D eigenvalue weighted by Gasteiger charge is 2.45. The van der Waals surface area contributed by atoms with Gasteiger partial charge in [0.25, 0.3) is 0 Å². The molecule has 0 saturated carbocycles. The van der Waals surface area contributed by atoms with E-state index in [1.54, 1.807) is 0 Å². The summed E-state index contributed by atoms with van der Waals surface area (Å²) in [5, 5.41) is 13.3.